The Labute approximate surface area is 117 Å². The number of anilines is 2. The molecule has 0 aliphatic heterocycles. The molecule has 1 heterocycles. The van der Waals surface area contributed by atoms with Crippen molar-refractivity contribution in [2.75, 3.05) is 19.4 Å². The number of nitrogens with zero attached hydrogens (tertiary/aromatic N) is 3. The zero-order valence-corrected chi connectivity index (χ0v) is 11.3. The second kappa shape index (κ2) is 5.85. The summed E-state index contributed by atoms with van der Waals surface area (Å²) in [4.78, 5) is 17.4. The van der Waals surface area contributed by atoms with Gasteiger partial charge in [0.2, 0.25) is 0 Å². The minimum Gasteiger partial charge on any atom is -0.345 e. The normalized spacial score (nSPS) is 9.65. The number of carbonyl (C=O) groups excluding carboxylic acids is 1. The number of hydrogen-bond acceptors (Lipinski definition) is 4. The van der Waals surface area contributed by atoms with Crippen molar-refractivity contribution in [2.24, 2.45) is 0 Å². The molecule has 1 aromatic carbocycles. The summed E-state index contributed by atoms with van der Waals surface area (Å²) in [6.07, 6.45) is 1.62. The molecule has 1 amide bonds. The summed E-state index contributed by atoms with van der Waals surface area (Å²) in [6.45, 7) is 0. The molecule has 2 rings (SSSR count). The molecule has 2 aromatic rings. The van der Waals surface area contributed by atoms with E-state index < -0.39 is 0 Å². The number of amides is 1. The maximum Gasteiger partial charge on any atom is 0.253 e. The van der Waals surface area contributed by atoms with Crippen molar-refractivity contribution in [1.29, 1.82) is 5.26 Å². The Balaban J connectivity index is 2.20. The van der Waals surface area contributed by atoms with Gasteiger partial charge in [-0.3, -0.25) is 4.79 Å². The molecule has 0 radical (unpaired) electrons. The van der Waals surface area contributed by atoms with E-state index >= 15 is 0 Å². The fourth-order valence-corrected chi connectivity index (χ4v) is 1.69. The van der Waals surface area contributed by atoms with Crippen LogP contribution in [0.5, 0.6) is 0 Å². The smallest absolute Gasteiger partial charge is 0.253 e. The van der Waals surface area contributed by atoms with E-state index in [1.54, 1.807) is 56.7 Å². The minimum absolute atomic E-state index is 0.0490. The summed E-state index contributed by atoms with van der Waals surface area (Å²) < 4.78 is 0. The van der Waals surface area contributed by atoms with E-state index in [0.29, 0.717) is 16.9 Å². The fraction of sp³-hybridized carbons (Fsp3) is 0.133. The van der Waals surface area contributed by atoms with E-state index in [4.69, 9.17) is 5.26 Å². The molecule has 0 fully saturated rings. The SMILES string of the molecule is CN(C)C(=O)c1ccc(Nc2ncccc2C#N)cc1. The highest BCUT2D eigenvalue weighted by Gasteiger charge is 2.08. The molecule has 20 heavy (non-hydrogen) atoms. The Hall–Kier alpha value is -2.87. The van der Waals surface area contributed by atoms with Crippen molar-refractivity contribution < 1.29 is 4.79 Å². The van der Waals surface area contributed by atoms with Crippen LogP contribution in [0.3, 0.4) is 0 Å². The molecule has 1 N–H and O–H groups in total. The minimum atomic E-state index is -0.0490. The zero-order chi connectivity index (χ0) is 14.5. The van der Waals surface area contributed by atoms with Gasteiger partial charge in [-0.2, -0.15) is 5.26 Å². The third-order valence-electron chi connectivity index (χ3n) is 2.73. The number of pyridine rings is 1. The van der Waals surface area contributed by atoms with Crippen LogP contribution in [0.25, 0.3) is 0 Å². The first kappa shape index (κ1) is 13.6. The maximum absolute atomic E-state index is 11.8. The van der Waals surface area contributed by atoms with E-state index in [1.165, 1.54) is 4.90 Å². The topological polar surface area (TPSA) is 69.0 Å². The molecule has 100 valence electrons. The van der Waals surface area contributed by atoms with Crippen LogP contribution in [-0.2, 0) is 0 Å². The molecule has 1 aromatic heterocycles. The molecule has 5 nitrogen and oxygen atoms in total. The molecular formula is C15H14N4O. The predicted octanol–water partition coefficient (Wildman–Crippen LogP) is 2.40. The van der Waals surface area contributed by atoms with Crippen molar-refractivity contribution in [3.05, 3.63) is 53.7 Å². The average Bonchev–Trinajstić information content (AvgIpc) is 2.48. The van der Waals surface area contributed by atoms with Crippen molar-refractivity contribution in [3.63, 3.8) is 0 Å². The summed E-state index contributed by atoms with van der Waals surface area (Å²) in [5.74, 6) is 0.453. The Morgan fingerprint density at radius 1 is 1.25 bits per heavy atom. The molecule has 0 unspecified atom stereocenters. The average molecular weight is 266 g/mol. The lowest BCUT2D eigenvalue weighted by Gasteiger charge is -2.11. The number of hydrogen-bond donors (Lipinski definition) is 1. The lowest BCUT2D eigenvalue weighted by Crippen LogP contribution is -2.21. The molecule has 0 bridgehead atoms. The second-order valence-corrected chi connectivity index (χ2v) is 4.41. The highest BCUT2D eigenvalue weighted by atomic mass is 16.2. The van der Waals surface area contributed by atoms with Gasteiger partial charge in [0.15, 0.2) is 0 Å². The predicted molar refractivity (Wildman–Crippen MR) is 76.7 cm³/mol. The third-order valence-corrected chi connectivity index (χ3v) is 2.73. The number of rotatable bonds is 3. The molecule has 0 saturated carbocycles. The van der Waals surface area contributed by atoms with Gasteiger partial charge in [0.1, 0.15) is 11.9 Å². The van der Waals surface area contributed by atoms with Crippen LogP contribution < -0.4 is 5.32 Å². The maximum atomic E-state index is 11.8. The fourth-order valence-electron chi connectivity index (χ4n) is 1.69. The molecule has 0 atom stereocenters. The standard InChI is InChI=1S/C15H14N4O/c1-19(2)15(20)11-5-7-13(8-6-11)18-14-12(10-16)4-3-9-17-14/h3-9H,1-2H3,(H,17,18). The Morgan fingerprint density at radius 3 is 2.55 bits per heavy atom. The van der Waals surface area contributed by atoms with E-state index in [2.05, 4.69) is 16.4 Å². The van der Waals surface area contributed by atoms with Crippen LogP contribution in [0.1, 0.15) is 15.9 Å². The van der Waals surface area contributed by atoms with E-state index in [-0.39, 0.29) is 5.91 Å². The third kappa shape index (κ3) is 2.93. The molecule has 0 aliphatic carbocycles. The molecule has 0 aliphatic rings. The zero-order valence-electron chi connectivity index (χ0n) is 11.3. The first-order valence-electron chi connectivity index (χ1n) is 6.05. The first-order chi connectivity index (χ1) is 9.61. The Morgan fingerprint density at radius 2 is 1.95 bits per heavy atom. The van der Waals surface area contributed by atoms with Gasteiger partial charge in [0, 0.05) is 31.5 Å². The van der Waals surface area contributed by atoms with Gasteiger partial charge >= 0.3 is 0 Å². The number of carbonyl (C=O) groups is 1. The number of nitriles is 1. The number of benzene rings is 1. The van der Waals surface area contributed by atoms with Gasteiger partial charge in [-0.05, 0) is 36.4 Å². The van der Waals surface area contributed by atoms with Crippen LogP contribution in [0.2, 0.25) is 0 Å². The van der Waals surface area contributed by atoms with Crippen LogP contribution in [0, 0.1) is 11.3 Å². The van der Waals surface area contributed by atoms with Gasteiger partial charge in [0.25, 0.3) is 5.91 Å². The van der Waals surface area contributed by atoms with Gasteiger partial charge in [-0.15, -0.1) is 0 Å². The van der Waals surface area contributed by atoms with E-state index in [0.717, 1.165) is 5.69 Å². The van der Waals surface area contributed by atoms with Gasteiger partial charge in [-0.1, -0.05) is 0 Å². The molecule has 0 spiro atoms. The summed E-state index contributed by atoms with van der Waals surface area (Å²) in [7, 11) is 3.42. The van der Waals surface area contributed by atoms with Crippen molar-refractivity contribution in [2.45, 2.75) is 0 Å². The lowest BCUT2D eigenvalue weighted by molar-refractivity contribution is 0.0827. The summed E-state index contributed by atoms with van der Waals surface area (Å²) >= 11 is 0. The second-order valence-electron chi connectivity index (χ2n) is 4.41. The summed E-state index contributed by atoms with van der Waals surface area (Å²) in [5, 5.41) is 12.1. The quantitative estimate of drug-likeness (QED) is 0.926. The Kier molecular flexibility index (Phi) is 3.96. The van der Waals surface area contributed by atoms with Gasteiger partial charge in [-0.25, -0.2) is 4.98 Å². The van der Waals surface area contributed by atoms with Gasteiger partial charge in [0.05, 0.1) is 5.56 Å². The highest BCUT2D eigenvalue weighted by molar-refractivity contribution is 5.94. The van der Waals surface area contributed by atoms with E-state index in [9.17, 15) is 4.79 Å². The summed E-state index contributed by atoms with van der Waals surface area (Å²) in [6, 6.07) is 12.5. The molecule has 0 saturated heterocycles. The van der Waals surface area contributed by atoms with Crippen LogP contribution in [0.15, 0.2) is 42.6 Å². The van der Waals surface area contributed by atoms with Crippen LogP contribution in [-0.4, -0.2) is 29.9 Å². The first-order valence-corrected chi connectivity index (χ1v) is 6.05. The monoisotopic (exact) mass is 266 g/mol. The number of nitrogens with one attached hydrogen (secondary N) is 1. The van der Waals surface area contributed by atoms with Crippen molar-refractivity contribution in [3.8, 4) is 6.07 Å². The van der Waals surface area contributed by atoms with Gasteiger partial charge < -0.3 is 10.2 Å². The Bertz CT molecular complexity index is 656. The number of aromatic nitrogens is 1. The van der Waals surface area contributed by atoms with Crippen molar-refractivity contribution >= 4 is 17.4 Å². The lowest BCUT2D eigenvalue weighted by atomic mass is 10.2. The molecule has 5 heteroatoms. The summed E-state index contributed by atoms with van der Waals surface area (Å²) in [5.41, 5.74) is 1.86. The van der Waals surface area contributed by atoms with Crippen LogP contribution >= 0.6 is 0 Å². The highest BCUT2D eigenvalue weighted by Crippen LogP contribution is 2.18. The van der Waals surface area contributed by atoms with E-state index in [1.807, 2.05) is 0 Å². The largest absolute Gasteiger partial charge is 0.345 e. The van der Waals surface area contributed by atoms with Crippen LogP contribution in [0.4, 0.5) is 11.5 Å². The molecular weight excluding hydrogens is 252 g/mol. The van der Waals surface area contributed by atoms with Crippen molar-refractivity contribution in [1.82, 2.24) is 9.88 Å².